The van der Waals surface area contributed by atoms with Gasteiger partial charge in [0.25, 0.3) is 0 Å². The fraction of sp³-hybridized carbons (Fsp3) is 0.944. The van der Waals surface area contributed by atoms with E-state index in [1.54, 1.807) is 7.11 Å². The Morgan fingerprint density at radius 2 is 1.75 bits per heavy atom. The van der Waals surface area contributed by atoms with E-state index < -0.39 is 5.60 Å². The summed E-state index contributed by atoms with van der Waals surface area (Å²) in [6.07, 6.45) is 3.13. The van der Waals surface area contributed by atoms with Crippen LogP contribution in [0.2, 0.25) is 0 Å². The van der Waals surface area contributed by atoms with Crippen molar-refractivity contribution in [3.63, 3.8) is 0 Å². The monoisotopic (exact) mass is 341 g/mol. The molecule has 1 atom stereocenters. The van der Waals surface area contributed by atoms with E-state index in [2.05, 4.69) is 9.80 Å². The predicted octanol–water partition coefficient (Wildman–Crippen LogP) is 2.04. The van der Waals surface area contributed by atoms with Crippen molar-refractivity contribution in [2.24, 2.45) is 0 Å². The largest absolute Gasteiger partial charge is 0.444 e. The molecule has 0 aromatic rings. The Kier molecular flexibility index (Phi) is 7.32. The second-order valence-corrected chi connectivity index (χ2v) is 7.92. The minimum atomic E-state index is -0.415. The maximum Gasteiger partial charge on any atom is 0.410 e. The molecule has 140 valence electrons. The lowest BCUT2D eigenvalue weighted by molar-refractivity contribution is 0.0248. The van der Waals surface area contributed by atoms with E-state index in [1.165, 1.54) is 6.42 Å². The second kappa shape index (κ2) is 9.02. The minimum absolute atomic E-state index is 0.160. The third-order valence-electron chi connectivity index (χ3n) is 4.88. The molecule has 2 heterocycles. The van der Waals surface area contributed by atoms with Crippen LogP contribution in [0.25, 0.3) is 0 Å². The van der Waals surface area contributed by atoms with Gasteiger partial charge in [0.05, 0.1) is 6.61 Å². The van der Waals surface area contributed by atoms with Gasteiger partial charge in [0.15, 0.2) is 0 Å². The zero-order chi connectivity index (χ0) is 17.6. The van der Waals surface area contributed by atoms with Crippen molar-refractivity contribution >= 4 is 6.09 Å². The Morgan fingerprint density at radius 3 is 2.38 bits per heavy atom. The van der Waals surface area contributed by atoms with Crippen LogP contribution >= 0.6 is 0 Å². The van der Waals surface area contributed by atoms with Crippen molar-refractivity contribution in [1.29, 1.82) is 0 Å². The van der Waals surface area contributed by atoms with Crippen molar-refractivity contribution in [3.8, 4) is 0 Å². The molecular formula is C18H35N3O3. The van der Waals surface area contributed by atoms with Crippen LogP contribution < -0.4 is 0 Å². The highest BCUT2D eigenvalue weighted by molar-refractivity contribution is 5.68. The van der Waals surface area contributed by atoms with Crippen molar-refractivity contribution in [2.45, 2.75) is 51.7 Å². The summed E-state index contributed by atoms with van der Waals surface area (Å²) in [5.41, 5.74) is -0.415. The Labute approximate surface area is 147 Å². The van der Waals surface area contributed by atoms with Gasteiger partial charge >= 0.3 is 6.09 Å². The van der Waals surface area contributed by atoms with E-state index in [9.17, 15) is 4.79 Å². The highest BCUT2D eigenvalue weighted by Gasteiger charge is 2.29. The molecule has 0 saturated carbocycles. The van der Waals surface area contributed by atoms with Gasteiger partial charge in [0.1, 0.15) is 5.60 Å². The predicted molar refractivity (Wildman–Crippen MR) is 95.3 cm³/mol. The van der Waals surface area contributed by atoms with Crippen LogP contribution in [0.4, 0.5) is 4.79 Å². The molecule has 0 spiro atoms. The number of nitrogens with zero attached hydrogens (tertiary/aromatic N) is 3. The van der Waals surface area contributed by atoms with E-state index in [-0.39, 0.29) is 6.09 Å². The van der Waals surface area contributed by atoms with Crippen LogP contribution in [0.1, 0.15) is 40.0 Å². The molecule has 2 aliphatic rings. The molecule has 2 rings (SSSR count). The lowest BCUT2D eigenvalue weighted by atomic mass is 10.1. The summed E-state index contributed by atoms with van der Waals surface area (Å²) >= 11 is 0. The summed E-state index contributed by atoms with van der Waals surface area (Å²) in [5.74, 6) is 0. The number of likely N-dealkylation sites (tertiary alicyclic amines) is 1. The highest BCUT2D eigenvalue weighted by atomic mass is 16.6. The Bertz CT molecular complexity index is 389. The standard InChI is InChI=1S/C18H35N3O3/c1-18(2,3)24-17(22)21-8-5-6-16(7-9-21)20-12-10-19(11-13-20)14-15-23-4/h16H,5-15H2,1-4H3. The van der Waals surface area contributed by atoms with Crippen LogP contribution in [-0.4, -0.2) is 92.0 Å². The summed E-state index contributed by atoms with van der Waals surface area (Å²) in [7, 11) is 1.76. The fourth-order valence-corrected chi connectivity index (χ4v) is 3.53. The molecule has 0 aromatic carbocycles. The van der Waals surface area contributed by atoms with E-state index >= 15 is 0 Å². The third kappa shape index (κ3) is 6.22. The Hall–Kier alpha value is -0.850. The molecule has 0 N–H and O–H groups in total. The molecule has 0 radical (unpaired) electrons. The first kappa shape index (κ1) is 19.5. The number of ether oxygens (including phenoxy) is 2. The van der Waals surface area contributed by atoms with Crippen LogP contribution in [0.5, 0.6) is 0 Å². The molecule has 2 saturated heterocycles. The number of piperazine rings is 1. The van der Waals surface area contributed by atoms with Crippen molar-refractivity contribution in [1.82, 2.24) is 14.7 Å². The van der Waals surface area contributed by atoms with E-state index in [0.717, 1.165) is 65.3 Å². The molecule has 6 nitrogen and oxygen atoms in total. The van der Waals surface area contributed by atoms with Crippen molar-refractivity contribution < 1.29 is 14.3 Å². The molecule has 6 heteroatoms. The summed E-state index contributed by atoms with van der Waals surface area (Å²) < 4.78 is 10.7. The van der Waals surface area contributed by atoms with Gasteiger partial charge in [-0.3, -0.25) is 9.80 Å². The second-order valence-electron chi connectivity index (χ2n) is 7.92. The molecule has 1 unspecified atom stereocenters. The van der Waals surface area contributed by atoms with Crippen LogP contribution in [0.3, 0.4) is 0 Å². The van der Waals surface area contributed by atoms with E-state index in [0.29, 0.717) is 6.04 Å². The van der Waals surface area contributed by atoms with Gasteiger partial charge in [-0.2, -0.15) is 0 Å². The van der Waals surface area contributed by atoms with Crippen molar-refractivity contribution in [3.05, 3.63) is 0 Å². The Morgan fingerprint density at radius 1 is 1.04 bits per heavy atom. The number of methoxy groups -OCH3 is 1. The fourth-order valence-electron chi connectivity index (χ4n) is 3.53. The van der Waals surface area contributed by atoms with Gasteiger partial charge in [-0.25, -0.2) is 4.79 Å². The Balaban J connectivity index is 1.76. The SMILES string of the molecule is COCCN1CCN(C2CCCN(C(=O)OC(C)(C)C)CC2)CC1. The average Bonchev–Trinajstić information content (AvgIpc) is 2.78. The first-order valence-corrected chi connectivity index (χ1v) is 9.32. The number of hydrogen-bond acceptors (Lipinski definition) is 5. The van der Waals surface area contributed by atoms with Gasteiger partial charge in [-0.1, -0.05) is 0 Å². The summed E-state index contributed by atoms with van der Waals surface area (Å²) in [5, 5.41) is 0. The first-order chi connectivity index (χ1) is 11.4. The number of rotatable bonds is 4. The maximum atomic E-state index is 12.3. The smallest absolute Gasteiger partial charge is 0.410 e. The topological polar surface area (TPSA) is 45.2 Å². The molecule has 1 amide bonds. The zero-order valence-electron chi connectivity index (χ0n) is 15.9. The normalized spacial score (nSPS) is 24.7. The number of carbonyl (C=O) groups is 1. The summed E-state index contributed by atoms with van der Waals surface area (Å²) in [6.45, 7) is 13.7. The quantitative estimate of drug-likeness (QED) is 0.783. The number of hydrogen-bond donors (Lipinski definition) is 0. The van der Waals surface area contributed by atoms with Gasteiger partial charge in [-0.05, 0) is 40.0 Å². The van der Waals surface area contributed by atoms with E-state index in [4.69, 9.17) is 9.47 Å². The van der Waals surface area contributed by atoms with Crippen LogP contribution in [0.15, 0.2) is 0 Å². The van der Waals surface area contributed by atoms with Gasteiger partial charge < -0.3 is 14.4 Å². The molecule has 2 aliphatic heterocycles. The summed E-state index contributed by atoms with van der Waals surface area (Å²) in [4.78, 5) is 19.2. The van der Waals surface area contributed by atoms with Crippen LogP contribution in [0, 0.1) is 0 Å². The molecule has 24 heavy (non-hydrogen) atoms. The number of carbonyl (C=O) groups excluding carboxylic acids is 1. The van der Waals surface area contributed by atoms with Gasteiger partial charge in [0.2, 0.25) is 0 Å². The third-order valence-corrected chi connectivity index (χ3v) is 4.88. The van der Waals surface area contributed by atoms with E-state index in [1.807, 2.05) is 25.7 Å². The molecule has 0 aliphatic carbocycles. The molecule has 0 aromatic heterocycles. The zero-order valence-corrected chi connectivity index (χ0v) is 15.9. The van der Waals surface area contributed by atoms with Crippen molar-refractivity contribution in [2.75, 3.05) is 59.5 Å². The molecule has 0 bridgehead atoms. The maximum absolute atomic E-state index is 12.3. The van der Waals surface area contributed by atoms with Crippen LogP contribution in [-0.2, 0) is 9.47 Å². The lowest BCUT2D eigenvalue weighted by Gasteiger charge is -2.39. The minimum Gasteiger partial charge on any atom is -0.444 e. The average molecular weight is 341 g/mol. The molecule has 2 fully saturated rings. The summed E-state index contributed by atoms with van der Waals surface area (Å²) in [6, 6.07) is 0.599. The first-order valence-electron chi connectivity index (χ1n) is 9.32. The van der Waals surface area contributed by atoms with Gasteiger partial charge in [-0.15, -0.1) is 0 Å². The van der Waals surface area contributed by atoms with Gasteiger partial charge in [0, 0.05) is 59.0 Å². The highest BCUT2D eigenvalue weighted by Crippen LogP contribution is 2.20. The lowest BCUT2D eigenvalue weighted by Crippen LogP contribution is -2.51. The number of amides is 1. The molecular weight excluding hydrogens is 306 g/mol.